The van der Waals surface area contributed by atoms with Crippen molar-refractivity contribution in [3.8, 4) is 5.88 Å². The van der Waals surface area contributed by atoms with Crippen molar-refractivity contribution in [3.63, 3.8) is 0 Å². The summed E-state index contributed by atoms with van der Waals surface area (Å²) in [6, 6.07) is 7.74. The number of pyridine rings is 1. The minimum absolute atomic E-state index is 0.324. The topological polar surface area (TPSA) is 111 Å². The molecule has 2 saturated heterocycles. The number of likely N-dealkylation sites (tertiary alicyclic amines) is 1. The molecule has 0 bridgehead atoms. The monoisotopic (exact) mass is 547 g/mol. The highest BCUT2D eigenvalue weighted by Crippen LogP contribution is 2.25. The molecule has 0 aromatic carbocycles. The van der Waals surface area contributed by atoms with Crippen molar-refractivity contribution < 1.29 is 9.15 Å². The second-order valence-corrected chi connectivity index (χ2v) is 10.6. The first kappa shape index (κ1) is 27.7. The van der Waals surface area contributed by atoms with Crippen LogP contribution in [0.5, 0.6) is 5.88 Å². The fourth-order valence-electron chi connectivity index (χ4n) is 5.41. The first-order chi connectivity index (χ1) is 19.4. The number of hydrogen-bond acceptors (Lipinski definition) is 11. The molecule has 2 aromatic rings. The molecule has 2 N–H and O–H groups in total. The molecule has 0 spiro atoms. The van der Waals surface area contributed by atoms with Crippen molar-refractivity contribution in [3.05, 3.63) is 53.9 Å². The first-order valence-electron chi connectivity index (χ1n) is 14.2. The molecule has 2 aromatic heterocycles. The van der Waals surface area contributed by atoms with E-state index in [-0.39, 0.29) is 0 Å². The van der Waals surface area contributed by atoms with E-state index in [1.54, 1.807) is 18.4 Å². The molecule has 0 radical (unpaired) electrons. The summed E-state index contributed by atoms with van der Waals surface area (Å²) in [6.45, 7) is 13.1. The molecule has 1 atom stereocenters. The number of anilines is 1. The van der Waals surface area contributed by atoms with Gasteiger partial charge in [-0.25, -0.2) is 4.98 Å². The Labute approximate surface area is 236 Å². The first-order valence-corrected chi connectivity index (χ1v) is 14.2. The smallest absolute Gasteiger partial charge is 0.230 e. The Morgan fingerprint density at radius 1 is 1.10 bits per heavy atom. The van der Waals surface area contributed by atoms with Crippen molar-refractivity contribution in [2.75, 3.05) is 57.8 Å². The molecule has 5 heterocycles. The molecule has 3 aliphatic rings. The van der Waals surface area contributed by atoms with E-state index in [0.29, 0.717) is 35.2 Å². The maximum Gasteiger partial charge on any atom is 0.230 e. The van der Waals surface area contributed by atoms with Gasteiger partial charge in [-0.1, -0.05) is 6.92 Å². The van der Waals surface area contributed by atoms with Crippen molar-refractivity contribution in [2.45, 2.75) is 40.0 Å². The standard InChI is InChI=1S/C29H41N9O2/c1-5-21(2)27-32-29(33-28(30)38(27)34-22(3)25-9-7-17-40-25)37-12-6-8-23(20-37)19-35-13-15-36(16-14-35)24-10-11-26(39-4)31-18-24/h7,9-11,17-18,23H,5-6,8,12-16,19-20H2,1-4H3,(H2,30,32,33)/b27-21-,34-22+. The minimum Gasteiger partial charge on any atom is -0.481 e. The Balaban J connectivity index is 1.22. The van der Waals surface area contributed by atoms with Crippen LogP contribution in [0.4, 0.5) is 5.69 Å². The summed E-state index contributed by atoms with van der Waals surface area (Å²) in [5.74, 6) is 3.64. The fourth-order valence-corrected chi connectivity index (χ4v) is 5.41. The Kier molecular flexibility index (Phi) is 8.69. The van der Waals surface area contributed by atoms with Gasteiger partial charge in [-0.3, -0.25) is 4.90 Å². The lowest BCUT2D eigenvalue weighted by Crippen LogP contribution is -2.50. The SMILES string of the molecule is CC/C(C)=C1/N=C(N2CCCC(CN3CCN(c4ccc(OC)nc4)CC3)C2)N=C(N)N1/N=C(\C)c1ccco1. The highest BCUT2D eigenvalue weighted by atomic mass is 16.5. The molecule has 0 aliphatic carbocycles. The van der Waals surface area contributed by atoms with Gasteiger partial charge in [-0.2, -0.15) is 20.1 Å². The normalized spacial score (nSPS) is 22.2. The van der Waals surface area contributed by atoms with Gasteiger partial charge in [0.1, 0.15) is 11.5 Å². The number of furan rings is 1. The predicted molar refractivity (Wildman–Crippen MR) is 159 cm³/mol. The summed E-state index contributed by atoms with van der Waals surface area (Å²) < 4.78 is 10.7. The van der Waals surface area contributed by atoms with Crippen LogP contribution in [0.1, 0.15) is 45.8 Å². The minimum atomic E-state index is 0.324. The number of ether oxygens (including phenoxy) is 1. The molecule has 5 rings (SSSR count). The van der Waals surface area contributed by atoms with Crippen LogP contribution in [0.15, 0.2) is 67.6 Å². The Bertz CT molecular complexity index is 1260. The number of nitrogens with zero attached hydrogens (tertiary/aromatic N) is 8. The number of rotatable bonds is 7. The lowest BCUT2D eigenvalue weighted by Gasteiger charge is -2.40. The van der Waals surface area contributed by atoms with E-state index in [1.807, 2.05) is 31.3 Å². The van der Waals surface area contributed by atoms with E-state index in [4.69, 9.17) is 30.0 Å². The number of guanidine groups is 2. The average Bonchev–Trinajstić information content (AvgIpc) is 3.54. The number of hydrogen-bond donors (Lipinski definition) is 1. The Morgan fingerprint density at radius 3 is 2.60 bits per heavy atom. The van der Waals surface area contributed by atoms with E-state index in [1.165, 1.54) is 6.42 Å². The number of aliphatic imine (C=N–C) groups is 2. The van der Waals surface area contributed by atoms with E-state index in [9.17, 15) is 0 Å². The average molecular weight is 548 g/mol. The summed E-state index contributed by atoms with van der Waals surface area (Å²) in [7, 11) is 1.64. The summed E-state index contributed by atoms with van der Waals surface area (Å²) >= 11 is 0. The number of aromatic nitrogens is 1. The van der Waals surface area contributed by atoms with E-state index in [0.717, 1.165) is 75.7 Å². The third kappa shape index (κ3) is 6.30. The molecule has 2 fully saturated rings. The van der Waals surface area contributed by atoms with Gasteiger partial charge in [-0.15, -0.1) is 0 Å². The van der Waals surface area contributed by atoms with Crippen molar-refractivity contribution in [1.29, 1.82) is 0 Å². The number of piperazine rings is 1. The summed E-state index contributed by atoms with van der Waals surface area (Å²) in [5, 5.41) is 6.35. The Morgan fingerprint density at radius 2 is 1.93 bits per heavy atom. The van der Waals surface area contributed by atoms with Gasteiger partial charge in [0.05, 0.1) is 25.3 Å². The summed E-state index contributed by atoms with van der Waals surface area (Å²) in [5.41, 5.74) is 9.46. The van der Waals surface area contributed by atoms with Crippen LogP contribution in [0.25, 0.3) is 0 Å². The van der Waals surface area contributed by atoms with Gasteiger partial charge in [0.25, 0.3) is 0 Å². The molecule has 11 nitrogen and oxygen atoms in total. The molecule has 0 amide bonds. The highest BCUT2D eigenvalue weighted by molar-refractivity contribution is 6.00. The fraction of sp³-hybridized carbons (Fsp3) is 0.517. The maximum absolute atomic E-state index is 6.49. The predicted octanol–water partition coefficient (Wildman–Crippen LogP) is 3.57. The van der Waals surface area contributed by atoms with Gasteiger partial charge in [-0.05, 0) is 62.8 Å². The lowest BCUT2D eigenvalue weighted by atomic mass is 9.97. The maximum atomic E-state index is 6.49. The zero-order valence-electron chi connectivity index (χ0n) is 24.1. The molecule has 3 aliphatic heterocycles. The molecular weight excluding hydrogens is 506 g/mol. The second-order valence-electron chi connectivity index (χ2n) is 10.6. The van der Waals surface area contributed by atoms with Gasteiger partial charge < -0.3 is 24.7 Å². The van der Waals surface area contributed by atoms with Crippen molar-refractivity contribution >= 4 is 23.3 Å². The zero-order valence-corrected chi connectivity index (χ0v) is 24.1. The zero-order chi connectivity index (χ0) is 28.1. The molecule has 11 heteroatoms. The van der Waals surface area contributed by atoms with Crippen LogP contribution < -0.4 is 15.4 Å². The van der Waals surface area contributed by atoms with Crippen LogP contribution in [-0.2, 0) is 0 Å². The van der Waals surface area contributed by atoms with Gasteiger partial charge in [0.15, 0.2) is 5.82 Å². The third-order valence-corrected chi connectivity index (χ3v) is 7.86. The molecule has 0 saturated carbocycles. The van der Waals surface area contributed by atoms with Crippen molar-refractivity contribution in [1.82, 2.24) is 19.8 Å². The van der Waals surface area contributed by atoms with Gasteiger partial charge in [0.2, 0.25) is 17.8 Å². The highest BCUT2D eigenvalue weighted by Gasteiger charge is 2.30. The molecule has 1 unspecified atom stereocenters. The van der Waals surface area contributed by atoms with Crippen LogP contribution in [0.2, 0.25) is 0 Å². The molecule has 40 heavy (non-hydrogen) atoms. The largest absolute Gasteiger partial charge is 0.481 e. The number of nitrogens with two attached hydrogens (primary N) is 1. The molecule has 214 valence electrons. The van der Waals surface area contributed by atoms with Gasteiger partial charge >= 0.3 is 0 Å². The Hall–Kier alpha value is -3.86. The van der Waals surface area contributed by atoms with Crippen LogP contribution in [0.3, 0.4) is 0 Å². The van der Waals surface area contributed by atoms with Gasteiger partial charge in [0, 0.05) is 51.9 Å². The van der Waals surface area contributed by atoms with E-state index >= 15 is 0 Å². The molecular formula is C29H41N9O2. The van der Waals surface area contributed by atoms with E-state index < -0.39 is 0 Å². The quantitative estimate of drug-likeness (QED) is 0.524. The number of hydrazone groups is 1. The summed E-state index contributed by atoms with van der Waals surface area (Å²) in [6.07, 6.45) is 6.70. The number of allylic oxidation sites excluding steroid dienone is 1. The second kappa shape index (κ2) is 12.5. The van der Waals surface area contributed by atoms with E-state index in [2.05, 4.69) is 39.6 Å². The van der Waals surface area contributed by atoms with Crippen LogP contribution in [-0.4, -0.2) is 90.3 Å². The lowest BCUT2D eigenvalue weighted by molar-refractivity contribution is 0.166. The van der Waals surface area contributed by atoms with Crippen LogP contribution in [0, 0.1) is 5.92 Å². The van der Waals surface area contributed by atoms with Crippen LogP contribution >= 0.6 is 0 Å². The number of piperidine rings is 1. The third-order valence-electron chi connectivity index (χ3n) is 7.86. The van der Waals surface area contributed by atoms with Crippen molar-refractivity contribution in [2.24, 2.45) is 26.7 Å². The number of methoxy groups -OCH3 is 1. The summed E-state index contributed by atoms with van der Waals surface area (Å²) in [4.78, 5) is 21.3.